The van der Waals surface area contributed by atoms with E-state index in [1.165, 1.54) is 56.3 Å². The summed E-state index contributed by atoms with van der Waals surface area (Å²) >= 11 is 1.28. The molecule has 11 heteroatoms. The number of carboxylic acid groups (broad SMARTS) is 1. The molecule has 252 valence electrons. The molecule has 0 saturated heterocycles. The van der Waals surface area contributed by atoms with Gasteiger partial charge in [-0.3, -0.25) is 14.4 Å². The quantitative estimate of drug-likeness (QED) is 0.0747. The third-order valence-electron chi connectivity index (χ3n) is 7.33. The SMILES string of the molecule is COc1ccc(/C=C(/NC(=O)c2ccccc2)C(=O)Nc2cccc(SC(C(=O)Nc3ccc(C(=O)O)cc3)c3ccccc3)c2)cc1OC. The minimum Gasteiger partial charge on any atom is -0.493 e. The molecule has 0 fully saturated rings. The van der Waals surface area contributed by atoms with Gasteiger partial charge in [-0.15, -0.1) is 11.8 Å². The third kappa shape index (κ3) is 9.18. The first-order valence-electron chi connectivity index (χ1n) is 15.3. The van der Waals surface area contributed by atoms with Crippen molar-refractivity contribution < 1.29 is 33.8 Å². The van der Waals surface area contributed by atoms with Crippen molar-refractivity contribution in [3.8, 4) is 11.5 Å². The molecule has 1 atom stereocenters. The zero-order valence-corrected chi connectivity index (χ0v) is 27.9. The standard InChI is InChI=1S/C39H33N3O7S/c1-48-33-21-16-25(23-34(33)49-2)22-32(42-36(43)27-12-7-4-8-13-27)37(44)41-30-14-9-15-31(24-30)50-35(26-10-5-3-6-11-26)38(45)40-29-19-17-28(18-20-29)39(46)47/h3-24,35H,1-2H3,(H,40,45)(H,41,44)(H,42,43)(H,46,47)/b32-22+. The molecule has 0 saturated carbocycles. The van der Waals surface area contributed by atoms with Crippen molar-refractivity contribution in [2.24, 2.45) is 0 Å². The Morgan fingerprint density at radius 2 is 1.36 bits per heavy atom. The highest BCUT2D eigenvalue weighted by molar-refractivity contribution is 8.00. The van der Waals surface area contributed by atoms with Gasteiger partial charge in [-0.05, 0) is 83.9 Å². The summed E-state index contributed by atoms with van der Waals surface area (Å²) in [5.74, 6) is -1.46. The normalized spacial score (nSPS) is 11.5. The maximum absolute atomic E-state index is 13.7. The fraction of sp³-hybridized carbons (Fsp3) is 0.0769. The van der Waals surface area contributed by atoms with Crippen molar-refractivity contribution in [1.82, 2.24) is 5.32 Å². The predicted octanol–water partition coefficient (Wildman–Crippen LogP) is 7.28. The summed E-state index contributed by atoms with van der Waals surface area (Å²) in [5, 5.41) is 17.0. The van der Waals surface area contributed by atoms with Crippen LogP contribution in [0.15, 0.2) is 138 Å². The highest BCUT2D eigenvalue weighted by atomic mass is 32.2. The molecule has 0 aliphatic carbocycles. The van der Waals surface area contributed by atoms with Crippen molar-refractivity contribution >= 4 is 52.9 Å². The number of rotatable bonds is 13. The Kier molecular flexibility index (Phi) is 11.7. The molecule has 0 bridgehead atoms. The number of aromatic carboxylic acids is 1. The zero-order valence-electron chi connectivity index (χ0n) is 27.1. The lowest BCUT2D eigenvalue weighted by Crippen LogP contribution is -2.30. The zero-order chi connectivity index (χ0) is 35.5. The molecule has 0 spiro atoms. The van der Waals surface area contributed by atoms with Crippen molar-refractivity contribution in [1.29, 1.82) is 0 Å². The van der Waals surface area contributed by atoms with Crippen LogP contribution in [0.4, 0.5) is 11.4 Å². The van der Waals surface area contributed by atoms with Gasteiger partial charge in [0.2, 0.25) is 5.91 Å². The summed E-state index contributed by atoms with van der Waals surface area (Å²) in [7, 11) is 3.03. The van der Waals surface area contributed by atoms with E-state index in [1.807, 2.05) is 36.4 Å². The second-order valence-electron chi connectivity index (χ2n) is 10.8. The Hall–Kier alpha value is -6.33. The van der Waals surface area contributed by atoms with Gasteiger partial charge in [0.15, 0.2) is 11.5 Å². The first kappa shape index (κ1) is 35.0. The van der Waals surface area contributed by atoms with Gasteiger partial charge in [0, 0.05) is 21.8 Å². The summed E-state index contributed by atoms with van der Waals surface area (Å²) < 4.78 is 10.7. The van der Waals surface area contributed by atoms with Crippen LogP contribution in [0.1, 0.15) is 37.1 Å². The second kappa shape index (κ2) is 16.7. The van der Waals surface area contributed by atoms with Gasteiger partial charge in [0.25, 0.3) is 11.8 Å². The van der Waals surface area contributed by atoms with Gasteiger partial charge < -0.3 is 30.5 Å². The van der Waals surface area contributed by atoms with Crippen LogP contribution >= 0.6 is 11.8 Å². The molecule has 0 aliphatic heterocycles. The van der Waals surface area contributed by atoms with E-state index >= 15 is 0 Å². The molecular weight excluding hydrogens is 655 g/mol. The molecule has 0 heterocycles. The summed E-state index contributed by atoms with van der Waals surface area (Å²) in [6.07, 6.45) is 1.54. The third-order valence-corrected chi connectivity index (χ3v) is 8.58. The van der Waals surface area contributed by atoms with Crippen LogP contribution in [0.5, 0.6) is 11.5 Å². The highest BCUT2D eigenvalue weighted by Crippen LogP contribution is 2.37. The molecule has 0 aliphatic rings. The van der Waals surface area contributed by atoms with Gasteiger partial charge in [-0.25, -0.2) is 4.79 Å². The number of methoxy groups -OCH3 is 2. The lowest BCUT2D eigenvalue weighted by Gasteiger charge is -2.18. The lowest BCUT2D eigenvalue weighted by molar-refractivity contribution is -0.116. The van der Waals surface area contributed by atoms with Crippen molar-refractivity contribution in [2.45, 2.75) is 10.1 Å². The number of ether oxygens (including phenoxy) is 2. The van der Waals surface area contributed by atoms with Crippen molar-refractivity contribution in [3.63, 3.8) is 0 Å². The van der Waals surface area contributed by atoms with E-state index < -0.39 is 23.0 Å². The predicted molar refractivity (Wildman–Crippen MR) is 194 cm³/mol. The van der Waals surface area contributed by atoms with E-state index in [9.17, 15) is 24.3 Å². The van der Waals surface area contributed by atoms with Gasteiger partial charge in [-0.2, -0.15) is 0 Å². The number of amides is 3. The Morgan fingerprint density at radius 1 is 0.680 bits per heavy atom. The van der Waals surface area contributed by atoms with Crippen LogP contribution in [-0.4, -0.2) is 43.0 Å². The molecule has 5 aromatic carbocycles. The topological polar surface area (TPSA) is 143 Å². The van der Waals surface area contributed by atoms with E-state index in [0.717, 1.165) is 5.56 Å². The summed E-state index contributed by atoms with van der Waals surface area (Å²) in [6, 6.07) is 35.8. The van der Waals surface area contributed by atoms with E-state index in [0.29, 0.717) is 38.9 Å². The molecule has 4 N–H and O–H groups in total. The Bertz CT molecular complexity index is 2020. The van der Waals surface area contributed by atoms with Crippen LogP contribution in [0.2, 0.25) is 0 Å². The van der Waals surface area contributed by atoms with Crippen LogP contribution in [-0.2, 0) is 9.59 Å². The molecule has 5 aromatic rings. The number of nitrogens with one attached hydrogen (secondary N) is 3. The summed E-state index contributed by atoms with van der Waals surface area (Å²) in [4.78, 5) is 52.4. The second-order valence-corrected chi connectivity index (χ2v) is 11.9. The first-order valence-corrected chi connectivity index (χ1v) is 16.2. The average molecular weight is 688 g/mol. The minimum absolute atomic E-state index is 0.0143. The van der Waals surface area contributed by atoms with Crippen LogP contribution in [0.3, 0.4) is 0 Å². The van der Waals surface area contributed by atoms with E-state index in [2.05, 4.69) is 16.0 Å². The Labute approximate surface area is 293 Å². The number of carbonyl (C=O) groups excluding carboxylic acids is 3. The molecule has 0 aromatic heterocycles. The van der Waals surface area contributed by atoms with Crippen LogP contribution < -0.4 is 25.4 Å². The fourth-order valence-corrected chi connectivity index (χ4v) is 5.92. The van der Waals surface area contributed by atoms with Gasteiger partial charge in [0.05, 0.1) is 19.8 Å². The van der Waals surface area contributed by atoms with Crippen LogP contribution in [0, 0.1) is 0 Å². The largest absolute Gasteiger partial charge is 0.493 e. The number of thioether (sulfide) groups is 1. The van der Waals surface area contributed by atoms with E-state index in [1.54, 1.807) is 66.7 Å². The number of carbonyl (C=O) groups is 4. The number of hydrogen-bond donors (Lipinski definition) is 4. The maximum atomic E-state index is 13.7. The maximum Gasteiger partial charge on any atom is 0.335 e. The summed E-state index contributed by atoms with van der Waals surface area (Å²) in [5.41, 5.74) is 2.68. The molecular formula is C39H33N3O7S. The van der Waals surface area contributed by atoms with Gasteiger partial charge in [0.1, 0.15) is 10.9 Å². The Balaban J connectivity index is 1.39. The molecule has 1 unspecified atom stereocenters. The lowest BCUT2D eigenvalue weighted by atomic mass is 10.1. The minimum atomic E-state index is -1.06. The molecule has 0 radical (unpaired) electrons. The van der Waals surface area contributed by atoms with Crippen molar-refractivity contribution in [3.05, 3.63) is 155 Å². The molecule has 10 nitrogen and oxygen atoms in total. The highest BCUT2D eigenvalue weighted by Gasteiger charge is 2.23. The van der Waals surface area contributed by atoms with E-state index in [4.69, 9.17) is 9.47 Å². The fourth-order valence-electron chi connectivity index (χ4n) is 4.84. The Morgan fingerprint density at radius 3 is 2.02 bits per heavy atom. The summed E-state index contributed by atoms with van der Waals surface area (Å²) in [6.45, 7) is 0. The molecule has 3 amide bonds. The molecule has 50 heavy (non-hydrogen) atoms. The number of carboxylic acids is 1. The molecule has 5 rings (SSSR count). The number of hydrogen-bond acceptors (Lipinski definition) is 7. The number of anilines is 2. The smallest absolute Gasteiger partial charge is 0.335 e. The average Bonchev–Trinajstić information content (AvgIpc) is 3.14. The number of benzene rings is 5. The first-order chi connectivity index (χ1) is 24.2. The van der Waals surface area contributed by atoms with Crippen LogP contribution in [0.25, 0.3) is 6.08 Å². The van der Waals surface area contributed by atoms with Gasteiger partial charge in [-0.1, -0.05) is 60.7 Å². The van der Waals surface area contributed by atoms with Gasteiger partial charge >= 0.3 is 5.97 Å². The monoisotopic (exact) mass is 687 g/mol. The van der Waals surface area contributed by atoms with Crippen molar-refractivity contribution in [2.75, 3.05) is 24.9 Å². The van der Waals surface area contributed by atoms with E-state index in [-0.39, 0.29) is 17.2 Å².